The topological polar surface area (TPSA) is 52.3 Å². The highest BCUT2D eigenvalue weighted by molar-refractivity contribution is 5.69. The first-order valence-electron chi connectivity index (χ1n) is 4.30. The van der Waals surface area contributed by atoms with Crippen molar-refractivity contribution in [2.24, 2.45) is 5.73 Å². The molecule has 0 fully saturated rings. The van der Waals surface area contributed by atoms with Crippen LogP contribution in [0.2, 0.25) is 0 Å². The number of carbonyl (C=O) groups excluding carboxylic acids is 1. The minimum Gasteiger partial charge on any atom is -0.427 e. The fourth-order valence-corrected chi connectivity index (χ4v) is 1.06. The molecule has 1 atom stereocenters. The van der Waals surface area contributed by atoms with Crippen LogP contribution in [0.4, 0.5) is 0 Å². The van der Waals surface area contributed by atoms with Crippen molar-refractivity contribution >= 4 is 5.97 Å². The predicted octanol–water partition coefficient (Wildman–Crippen LogP) is 1.80. The molecule has 14 heavy (non-hydrogen) atoms. The van der Waals surface area contributed by atoms with Gasteiger partial charge in [0, 0.05) is 13.0 Å². The second-order valence-electron chi connectivity index (χ2n) is 2.92. The van der Waals surface area contributed by atoms with E-state index >= 15 is 0 Å². The van der Waals surface area contributed by atoms with E-state index in [4.69, 9.17) is 10.5 Å². The lowest BCUT2D eigenvalue weighted by molar-refractivity contribution is -0.131. The minimum atomic E-state index is -0.328. The molecule has 3 nitrogen and oxygen atoms in total. The fraction of sp³-hybridized carbons (Fsp3) is 0.182. The third-order valence-corrected chi connectivity index (χ3v) is 1.78. The summed E-state index contributed by atoms with van der Waals surface area (Å²) < 4.78 is 4.88. The standard InChI is InChI=1S/C11H13NO2/c1-3-11(12)9-4-6-10(7-5-9)14-8(2)13/h3-7,11H,1,12H2,2H3. The summed E-state index contributed by atoms with van der Waals surface area (Å²) in [6.45, 7) is 4.96. The van der Waals surface area contributed by atoms with E-state index in [0.717, 1.165) is 5.56 Å². The van der Waals surface area contributed by atoms with Crippen LogP contribution in [-0.2, 0) is 4.79 Å². The highest BCUT2D eigenvalue weighted by Gasteiger charge is 2.02. The van der Waals surface area contributed by atoms with Gasteiger partial charge < -0.3 is 10.5 Å². The maximum atomic E-state index is 10.6. The summed E-state index contributed by atoms with van der Waals surface area (Å²) in [6.07, 6.45) is 1.65. The summed E-state index contributed by atoms with van der Waals surface area (Å²) in [4.78, 5) is 10.6. The molecule has 1 rings (SSSR count). The summed E-state index contributed by atoms with van der Waals surface area (Å²) in [5.74, 6) is 0.197. The Bertz CT molecular complexity index is 330. The molecule has 1 unspecified atom stereocenters. The highest BCUT2D eigenvalue weighted by Crippen LogP contribution is 2.16. The number of benzene rings is 1. The number of rotatable bonds is 3. The molecule has 0 radical (unpaired) electrons. The van der Waals surface area contributed by atoms with Crippen LogP contribution in [0.1, 0.15) is 18.5 Å². The average Bonchev–Trinajstić information content (AvgIpc) is 2.17. The van der Waals surface area contributed by atoms with Gasteiger partial charge in [-0.25, -0.2) is 0 Å². The van der Waals surface area contributed by atoms with E-state index in [2.05, 4.69) is 6.58 Å². The van der Waals surface area contributed by atoms with Gasteiger partial charge in [0.25, 0.3) is 0 Å². The summed E-state index contributed by atoms with van der Waals surface area (Å²) in [5.41, 5.74) is 6.66. The Labute approximate surface area is 83.2 Å². The molecule has 0 aliphatic carbocycles. The van der Waals surface area contributed by atoms with Gasteiger partial charge in [-0.1, -0.05) is 18.2 Å². The lowest BCUT2D eigenvalue weighted by Gasteiger charge is -2.07. The first-order valence-corrected chi connectivity index (χ1v) is 4.30. The molecule has 0 spiro atoms. The second kappa shape index (κ2) is 4.58. The zero-order valence-corrected chi connectivity index (χ0v) is 8.07. The van der Waals surface area contributed by atoms with Gasteiger partial charge in [0.1, 0.15) is 5.75 Å². The molecular weight excluding hydrogens is 178 g/mol. The summed E-state index contributed by atoms with van der Waals surface area (Å²) in [6, 6.07) is 6.86. The van der Waals surface area contributed by atoms with Crippen LogP contribution in [-0.4, -0.2) is 5.97 Å². The minimum absolute atomic E-state index is 0.179. The van der Waals surface area contributed by atoms with Gasteiger partial charge in [0.2, 0.25) is 0 Å². The third-order valence-electron chi connectivity index (χ3n) is 1.78. The Morgan fingerprint density at radius 2 is 2.07 bits per heavy atom. The molecule has 0 aliphatic heterocycles. The summed E-state index contributed by atoms with van der Waals surface area (Å²) in [7, 11) is 0. The Morgan fingerprint density at radius 1 is 1.50 bits per heavy atom. The van der Waals surface area contributed by atoms with Gasteiger partial charge in [-0.15, -0.1) is 6.58 Å². The van der Waals surface area contributed by atoms with Crippen molar-refractivity contribution in [1.82, 2.24) is 0 Å². The lowest BCUT2D eigenvalue weighted by Crippen LogP contribution is -2.06. The summed E-state index contributed by atoms with van der Waals surface area (Å²) in [5, 5.41) is 0. The molecule has 0 bridgehead atoms. The van der Waals surface area contributed by atoms with Crippen molar-refractivity contribution in [2.45, 2.75) is 13.0 Å². The van der Waals surface area contributed by atoms with Gasteiger partial charge in [-0.05, 0) is 17.7 Å². The predicted molar refractivity (Wildman–Crippen MR) is 54.9 cm³/mol. The molecule has 0 heterocycles. The van der Waals surface area contributed by atoms with Gasteiger partial charge in [-0.3, -0.25) is 4.79 Å². The van der Waals surface area contributed by atoms with E-state index in [0.29, 0.717) is 5.75 Å². The zero-order valence-electron chi connectivity index (χ0n) is 8.07. The maximum absolute atomic E-state index is 10.6. The number of nitrogens with two attached hydrogens (primary N) is 1. The van der Waals surface area contributed by atoms with Gasteiger partial charge in [-0.2, -0.15) is 0 Å². The summed E-state index contributed by atoms with van der Waals surface area (Å²) >= 11 is 0. The maximum Gasteiger partial charge on any atom is 0.308 e. The van der Waals surface area contributed by atoms with Crippen LogP contribution in [0.15, 0.2) is 36.9 Å². The van der Waals surface area contributed by atoms with E-state index in [1.54, 1.807) is 18.2 Å². The zero-order chi connectivity index (χ0) is 10.6. The van der Waals surface area contributed by atoms with Crippen LogP contribution in [0.3, 0.4) is 0 Å². The van der Waals surface area contributed by atoms with Crippen molar-refractivity contribution in [3.63, 3.8) is 0 Å². The molecule has 0 aliphatic rings. The Balaban J connectivity index is 2.78. The van der Waals surface area contributed by atoms with Crippen molar-refractivity contribution < 1.29 is 9.53 Å². The van der Waals surface area contributed by atoms with E-state index < -0.39 is 0 Å². The third kappa shape index (κ3) is 2.71. The number of esters is 1. The van der Waals surface area contributed by atoms with Crippen molar-refractivity contribution in [1.29, 1.82) is 0 Å². The first-order chi connectivity index (χ1) is 6.63. The van der Waals surface area contributed by atoms with Gasteiger partial charge in [0.15, 0.2) is 0 Å². The monoisotopic (exact) mass is 191 g/mol. The quantitative estimate of drug-likeness (QED) is 0.450. The van der Waals surface area contributed by atoms with Crippen LogP contribution < -0.4 is 10.5 Å². The van der Waals surface area contributed by atoms with E-state index in [9.17, 15) is 4.79 Å². The van der Waals surface area contributed by atoms with Crippen LogP contribution in [0, 0.1) is 0 Å². The van der Waals surface area contributed by atoms with Crippen LogP contribution in [0.25, 0.3) is 0 Å². The number of hydrogen-bond donors (Lipinski definition) is 1. The van der Waals surface area contributed by atoms with E-state index in [1.807, 2.05) is 12.1 Å². The Kier molecular flexibility index (Phi) is 3.42. The second-order valence-corrected chi connectivity index (χ2v) is 2.92. The first kappa shape index (κ1) is 10.5. The molecule has 1 aromatic rings. The largest absolute Gasteiger partial charge is 0.427 e. The van der Waals surface area contributed by atoms with Crippen molar-refractivity contribution in [3.8, 4) is 5.75 Å². The average molecular weight is 191 g/mol. The molecule has 74 valence electrons. The van der Waals surface area contributed by atoms with Crippen LogP contribution >= 0.6 is 0 Å². The smallest absolute Gasteiger partial charge is 0.308 e. The SMILES string of the molecule is C=CC(N)c1ccc(OC(C)=O)cc1. The van der Waals surface area contributed by atoms with Gasteiger partial charge in [0.05, 0.1) is 0 Å². The molecule has 0 amide bonds. The fourth-order valence-electron chi connectivity index (χ4n) is 1.06. The molecule has 0 aromatic heterocycles. The highest BCUT2D eigenvalue weighted by atomic mass is 16.5. The number of carbonyl (C=O) groups is 1. The molecule has 3 heteroatoms. The van der Waals surface area contributed by atoms with E-state index in [-0.39, 0.29) is 12.0 Å². The molecule has 0 saturated heterocycles. The normalized spacial score (nSPS) is 11.9. The van der Waals surface area contributed by atoms with Crippen molar-refractivity contribution in [3.05, 3.63) is 42.5 Å². The molecule has 2 N–H and O–H groups in total. The van der Waals surface area contributed by atoms with E-state index in [1.165, 1.54) is 6.92 Å². The number of ether oxygens (including phenoxy) is 1. The molecule has 0 saturated carbocycles. The Hall–Kier alpha value is -1.61. The lowest BCUT2D eigenvalue weighted by atomic mass is 10.1. The number of hydrogen-bond acceptors (Lipinski definition) is 3. The Morgan fingerprint density at radius 3 is 2.50 bits per heavy atom. The van der Waals surface area contributed by atoms with Gasteiger partial charge >= 0.3 is 5.97 Å². The van der Waals surface area contributed by atoms with Crippen LogP contribution in [0.5, 0.6) is 5.75 Å². The van der Waals surface area contributed by atoms with Crippen molar-refractivity contribution in [2.75, 3.05) is 0 Å². The molecular formula is C11H13NO2. The molecule has 1 aromatic carbocycles.